The average Bonchev–Trinajstić information content (AvgIpc) is 3.51. The molecule has 1 aromatic carbocycles. The number of hydrogen-bond acceptors (Lipinski definition) is 8. The van der Waals surface area contributed by atoms with Crippen LogP contribution in [0.2, 0.25) is 0 Å². The molecule has 1 amide bonds. The molecule has 0 aliphatic carbocycles. The molecule has 0 bridgehead atoms. The zero-order chi connectivity index (χ0) is 23.2. The van der Waals surface area contributed by atoms with Crippen molar-refractivity contribution in [2.75, 3.05) is 46.9 Å². The summed E-state index contributed by atoms with van der Waals surface area (Å²) in [6, 6.07) is 6.04. The van der Waals surface area contributed by atoms with Crippen molar-refractivity contribution in [1.29, 1.82) is 0 Å². The number of carbonyl (C=O) groups is 1. The molecule has 1 aromatic heterocycles. The highest BCUT2D eigenvalue weighted by Gasteiger charge is 2.28. The number of likely N-dealkylation sites (tertiary alicyclic amines) is 2. The van der Waals surface area contributed by atoms with Crippen molar-refractivity contribution < 1.29 is 18.8 Å². The number of aromatic nitrogens is 2. The van der Waals surface area contributed by atoms with Crippen LogP contribution in [0, 0.1) is 5.92 Å². The molecule has 33 heavy (non-hydrogen) atoms. The van der Waals surface area contributed by atoms with Gasteiger partial charge < -0.3 is 19.3 Å². The van der Waals surface area contributed by atoms with E-state index in [4.69, 9.17) is 14.0 Å². The van der Waals surface area contributed by atoms with Crippen molar-refractivity contribution in [3.05, 3.63) is 24.1 Å². The summed E-state index contributed by atoms with van der Waals surface area (Å²) in [5.74, 6) is 2.66. The summed E-state index contributed by atoms with van der Waals surface area (Å²) in [5, 5.41) is 7.33. The maximum Gasteiger partial charge on any atom is 0.241 e. The summed E-state index contributed by atoms with van der Waals surface area (Å²) in [5.41, 5.74) is 0.807. The van der Waals surface area contributed by atoms with Crippen LogP contribution < -0.4 is 14.8 Å². The summed E-state index contributed by atoms with van der Waals surface area (Å²) in [6.07, 6.45) is 4.12. The summed E-state index contributed by atoms with van der Waals surface area (Å²) in [6.45, 7) is 7.44. The Bertz CT molecular complexity index is 925. The van der Waals surface area contributed by atoms with Gasteiger partial charge in [-0.05, 0) is 70.1 Å². The topological polar surface area (TPSA) is 93.0 Å². The molecule has 2 saturated heterocycles. The lowest BCUT2D eigenvalue weighted by Crippen LogP contribution is -2.44. The smallest absolute Gasteiger partial charge is 0.241 e. The average molecular weight is 458 g/mol. The van der Waals surface area contributed by atoms with Crippen LogP contribution in [-0.4, -0.2) is 78.8 Å². The molecule has 180 valence electrons. The Kier molecular flexibility index (Phi) is 7.82. The Hall–Kier alpha value is -2.65. The highest BCUT2D eigenvalue weighted by atomic mass is 16.5. The number of ether oxygens (including phenoxy) is 2. The molecule has 2 aliphatic rings. The molecule has 9 heteroatoms. The maximum absolute atomic E-state index is 12.7. The number of amides is 1. The lowest BCUT2D eigenvalue weighted by atomic mass is 9.96. The Labute approximate surface area is 195 Å². The van der Waals surface area contributed by atoms with E-state index >= 15 is 0 Å². The number of rotatable bonds is 9. The molecular weight excluding hydrogens is 422 g/mol. The van der Waals surface area contributed by atoms with E-state index < -0.39 is 0 Å². The first-order valence-corrected chi connectivity index (χ1v) is 11.9. The zero-order valence-electron chi connectivity index (χ0n) is 19.9. The van der Waals surface area contributed by atoms with Crippen molar-refractivity contribution in [2.45, 2.75) is 45.2 Å². The third kappa shape index (κ3) is 5.65. The molecule has 1 N–H and O–H groups in total. The zero-order valence-corrected chi connectivity index (χ0v) is 19.9. The fourth-order valence-electron chi connectivity index (χ4n) is 4.86. The molecule has 9 nitrogen and oxygen atoms in total. The summed E-state index contributed by atoms with van der Waals surface area (Å²) in [7, 11) is 3.20. The minimum Gasteiger partial charge on any atom is -0.493 e. The minimum absolute atomic E-state index is 0.0859. The molecule has 2 aliphatic heterocycles. The fraction of sp³-hybridized carbons (Fsp3) is 0.625. The predicted molar refractivity (Wildman–Crippen MR) is 124 cm³/mol. The molecule has 2 fully saturated rings. The monoisotopic (exact) mass is 457 g/mol. The summed E-state index contributed by atoms with van der Waals surface area (Å²) >= 11 is 0. The molecule has 3 heterocycles. The van der Waals surface area contributed by atoms with Gasteiger partial charge in [0.15, 0.2) is 11.5 Å². The van der Waals surface area contributed by atoms with Crippen LogP contribution in [0.15, 0.2) is 22.7 Å². The molecular formula is C24H35N5O4. The van der Waals surface area contributed by atoms with Crippen LogP contribution in [0.1, 0.15) is 38.5 Å². The number of piperidine rings is 1. The normalized spacial score (nSPS) is 20.2. The van der Waals surface area contributed by atoms with Gasteiger partial charge in [-0.15, -0.1) is 0 Å². The van der Waals surface area contributed by atoms with Crippen molar-refractivity contribution in [2.24, 2.45) is 5.92 Å². The van der Waals surface area contributed by atoms with Gasteiger partial charge in [0.1, 0.15) is 0 Å². The van der Waals surface area contributed by atoms with Crippen LogP contribution >= 0.6 is 0 Å². The Morgan fingerprint density at radius 2 is 1.94 bits per heavy atom. The van der Waals surface area contributed by atoms with E-state index in [1.165, 1.54) is 12.8 Å². The van der Waals surface area contributed by atoms with Crippen molar-refractivity contribution in [1.82, 2.24) is 25.3 Å². The van der Waals surface area contributed by atoms with E-state index in [1.807, 2.05) is 18.2 Å². The van der Waals surface area contributed by atoms with Gasteiger partial charge >= 0.3 is 0 Å². The third-order valence-corrected chi connectivity index (χ3v) is 6.84. The second kappa shape index (κ2) is 11.0. The van der Waals surface area contributed by atoms with Crippen molar-refractivity contribution >= 4 is 5.91 Å². The number of hydrogen-bond donors (Lipinski definition) is 1. The first-order valence-electron chi connectivity index (χ1n) is 11.9. The third-order valence-electron chi connectivity index (χ3n) is 6.84. The van der Waals surface area contributed by atoms with Crippen LogP contribution in [0.25, 0.3) is 11.4 Å². The standard InChI is InChI=1S/C24H35N5O4/c1-4-29-11-5-6-19(29)15-25-24(30)17-9-12-28(13-10-17)16-22-26-23(27-33-22)18-7-8-20(31-2)21(14-18)32-3/h7-8,14,17,19H,4-6,9-13,15-16H2,1-3H3,(H,25,30)/t19-/m1/s1. The SMILES string of the molecule is CCN1CCC[C@@H]1CNC(=O)C1CCN(Cc2nc(-c3ccc(OC)c(OC)c3)no2)CC1. The van der Waals surface area contributed by atoms with E-state index in [0.29, 0.717) is 35.8 Å². The minimum atomic E-state index is 0.0859. The predicted octanol–water partition coefficient (Wildman–Crippen LogP) is 2.57. The van der Waals surface area contributed by atoms with Crippen LogP contribution in [0.5, 0.6) is 11.5 Å². The molecule has 4 rings (SSSR count). The van der Waals surface area contributed by atoms with Gasteiger partial charge in [-0.3, -0.25) is 14.6 Å². The fourth-order valence-corrected chi connectivity index (χ4v) is 4.86. The van der Waals surface area contributed by atoms with Crippen LogP contribution in [0.3, 0.4) is 0 Å². The number of methoxy groups -OCH3 is 2. The summed E-state index contributed by atoms with van der Waals surface area (Å²) in [4.78, 5) is 21.9. The molecule has 0 spiro atoms. The maximum atomic E-state index is 12.7. The van der Waals surface area contributed by atoms with Gasteiger partial charge in [-0.2, -0.15) is 4.98 Å². The molecule has 1 atom stereocenters. The van der Waals surface area contributed by atoms with Crippen molar-refractivity contribution in [3.8, 4) is 22.9 Å². The van der Waals surface area contributed by atoms with Gasteiger partial charge in [0.05, 0.1) is 20.8 Å². The first kappa shape index (κ1) is 23.5. The molecule has 0 radical (unpaired) electrons. The highest BCUT2D eigenvalue weighted by molar-refractivity contribution is 5.78. The number of likely N-dealkylation sites (N-methyl/N-ethyl adjacent to an activating group) is 1. The van der Waals surface area contributed by atoms with E-state index in [1.54, 1.807) is 14.2 Å². The van der Waals surface area contributed by atoms with Gasteiger partial charge in [0.25, 0.3) is 0 Å². The van der Waals surface area contributed by atoms with Crippen LogP contribution in [-0.2, 0) is 11.3 Å². The Balaban J connectivity index is 1.25. The molecule has 0 saturated carbocycles. The first-order chi connectivity index (χ1) is 16.1. The van der Waals surface area contributed by atoms with Crippen molar-refractivity contribution in [3.63, 3.8) is 0 Å². The van der Waals surface area contributed by atoms with E-state index in [2.05, 4.69) is 32.2 Å². The van der Waals surface area contributed by atoms with E-state index in [-0.39, 0.29) is 11.8 Å². The van der Waals surface area contributed by atoms with E-state index in [0.717, 1.165) is 51.1 Å². The quantitative estimate of drug-likeness (QED) is 0.614. The number of benzene rings is 1. The van der Waals surface area contributed by atoms with Gasteiger partial charge in [0.2, 0.25) is 17.6 Å². The Morgan fingerprint density at radius 1 is 1.15 bits per heavy atom. The molecule has 2 aromatic rings. The number of carbonyl (C=O) groups excluding carboxylic acids is 1. The van der Waals surface area contributed by atoms with Gasteiger partial charge in [0, 0.05) is 24.1 Å². The lowest BCUT2D eigenvalue weighted by Gasteiger charge is -2.31. The Morgan fingerprint density at radius 3 is 2.67 bits per heavy atom. The van der Waals surface area contributed by atoms with Crippen LogP contribution in [0.4, 0.5) is 0 Å². The summed E-state index contributed by atoms with van der Waals surface area (Å²) < 4.78 is 16.1. The lowest BCUT2D eigenvalue weighted by molar-refractivity contribution is -0.126. The largest absolute Gasteiger partial charge is 0.493 e. The second-order valence-corrected chi connectivity index (χ2v) is 8.80. The van der Waals surface area contributed by atoms with Gasteiger partial charge in [-0.25, -0.2) is 0 Å². The number of nitrogens with zero attached hydrogens (tertiary/aromatic N) is 4. The highest BCUT2D eigenvalue weighted by Crippen LogP contribution is 2.31. The number of nitrogens with one attached hydrogen (secondary N) is 1. The van der Waals surface area contributed by atoms with E-state index in [9.17, 15) is 4.79 Å². The second-order valence-electron chi connectivity index (χ2n) is 8.80. The van der Waals surface area contributed by atoms with Gasteiger partial charge in [-0.1, -0.05) is 12.1 Å². The molecule has 0 unspecified atom stereocenters.